The van der Waals surface area contributed by atoms with Crippen molar-refractivity contribution in [2.75, 3.05) is 26.3 Å². The molecule has 0 bridgehead atoms. The van der Waals surface area contributed by atoms with Crippen molar-refractivity contribution < 1.29 is 14.5 Å². The average molecular weight is 302 g/mol. The SMILES string of the molecule is CCOCCN(CC)C(=O)c1ccnc(Cl)c1[N+](=O)[O-]. The second-order valence-electron chi connectivity index (χ2n) is 3.84. The van der Waals surface area contributed by atoms with Gasteiger partial charge in [0.05, 0.1) is 11.5 Å². The van der Waals surface area contributed by atoms with Gasteiger partial charge in [0.1, 0.15) is 5.56 Å². The molecule has 1 aromatic rings. The summed E-state index contributed by atoms with van der Waals surface area (Å²) < 4.78 is 5.19. The Morgan fingerprint density at radius 2 is 2.25 bits per heavy atom. The standard InChI is InChI=1S/C12H16ClN3O4/c1-3-15(7-8-20-4-2)12(17)9-5-6-14-11(13)10(9)16(18)19/h5-6H,3-4,7-8H2,1-2H3. The first kappa shape index (κ1) is 16.3. The molecule has 0 unspecified atom stereocenters. The first-order chi connectivity index (χ1) is 9.52. The largest absolute Gasteiger partial charge is 0.380 e. The van der Waals surface area contributed by atoms with Crippen molar-refractivity contribution in [3.63, 3.8) is 0 Å². The lowest BCUT2D eigenvalue weighted by Gasteiger charge is -2.20. The zero-order valence-corrected chi connectivity index (χ0v) is 12.1. The van der Waals surface area contributed by atoms with E-state index in [1.165, 1.54) is 17.2 Å². The number of nitro groups is 1. The van der Waals surface area contributed by atoms with Crippen molar-refractivity contribution in [2.45, 2.75) is 13.8 Å². The smallest absolute Gasteiger partial charge is 0.319 e. The van der Waals surface area contributed by atoms with Crippen molar-refractivity contribution in [3.05, 3.63) is 33.1 Å². The number of ether oxygens (including phenoxy) is 1. The Kier molecular flexibility index (Phi) is 6.33. The van der Waals surface area contributed by atoms with Gasteiger partial charge < -0.3 is 9.64 Å². The summed E-state index contributed by atoms with van der Waals surface area (Å²) in [7, 11) is 0. The highest BCUT2D eigenvalue weighted by Gasteiger charge is 2.27. The third-order valence-corrected chi connectivity index (χ3v) is 2.95. The van der Waals surface area contributed by atoms with Gasteiger partial charge in [-0.1, -0.05) is 11.6 Å². The Labute approximate surface area is 121 Å². The summed E-state index contributed by atoms with van der Waals surface area (Å²) in [6.07, 6.45) is 1.28. The maximum absolute atomic E-state index is 12.3. The van der Waals surface area contributed by atoms with Crippen LogP contribution < -0.4 is 0 Å². The summed E-state index contributed by atoms with van der Waals surface area (Å²) in [6, 6.07) is 1.30. The van der Waals surface area contributed by atoms with Crippen LogP contribution in [0.25, 0.3) is 0 Å². The summed E-state index contributed by atoms with van der Waals surface area (Å²) >= 11 is 5.69. The van der Waals surface area contributed by atoms with E-state index in [0.717, 1.165) is 0 Å². The van der Waals surface area contributed by atoms with E-state index in [1.807, 2.05) is 6.92 Å². The van der Waals surface area contributed by atoms with E-state index < -0.39 is 16.5 Å². The van der Waals surface area contributed by atoms with Crippen LogP contribution in [0.5, 0.6) is 0 Å². The van der Waals surface area contributed by atoms with E-state index in [0.29, 0.717) is 26.3 Å². The van der Waals surface area contributed by atoms with Crippen LogP contribution in [0.1, 0.15) is 24.2 Å². The molecule has 110 valence electrons. The Morgan fingerprint density at radius 3 is 2.80 bits per heavy atom. The van der Waals surface area contributed by atoms with Gasteiger partial charge in [0.25, 0.3) is 5.91 Å². The summed E-state index contributed by atoms with van der Waals surface area (Å²) in [5.74, 6) is -0.455. The Balaban J connectivity index is 3.00. The third-order valence-electron chi connectivity index (χ3n) is 2.67. The number of pyridine rings is 1. The lowest BCUT2D eigenvalue weighted by atomic mass is 10.2. The van der Waals surface area contributed by atoms with Gasteiger partial charge in [-0.15, -0.1) is 0 Å². The van der Waals surface area contributed by atoms with Crippen LogP contribution in [0.15, 0.2) is 12.3 Å². The fraction of sp³-hybridized carbons (Fsp3) is 0.500. The zero-order valence-electron chi connectivity index (χ0n) is 11.3. The van der Waals surface area contributed by atoms with Crippen molar-refractivity contribution in [2.24, 2.45) is 0 Å². The van der Waals surface area contributed by atoms with Crippen LogP contribution in [0, 0.1) is 10.1 Å². The predicted octanol–water partition coefficient (Wildman–Crippen LogP) is 2.14. The van der Waals surface area contributed by atoms with E-state index in [2.05, 4.69) is 4.98 Å². The average Bonchev–Trinajstić information content (AvgIpc) is 2.42. The number of amides is 1. The fourth-order valence-electron chi connectivity index (χ4n) is 1.67. The van der Waals surface area contributed by atoms with Crippen molar-refractivity contribution in [3.8, 4) is 0 Å². The molecular formula is C12H16ClN3O4. The Morgan fingerprint density at radius 1 is 1.55 bits per heavy atom. The maximum Gasteiger partial charge on any atom is 0.319 e. The third kappa shape index (κ3) is 3.88. The second kappa shape index (κ2) is 7.76. The van der Waals surface area contributed by atoms with Crippen molar-refractivity contribution >= 4 is 23.2 Å². The molecular weight excluding hydrogens is 286 g/mol. The molecule has 1 rings (SSSR count). The molecule has 1 heterocycles. The first-order valence-corrected chi connectivity index (χ1v) is 6.56. The van der Waals surface area contributed by atoms with Crippen LogP contribution in [-0.4, -0.2) is 47.0 Å². The minimum absolute atomic E-state index is 0.0617. The van der Waals surface area contributed by atoms with Gasteiger partial charge in [-0.3, -0.25) is 14.9 Å². The molecule has 0 fully saturated rings. The van der Waals surface area contributed by atoms with Gasteiger partial charge in [0.2, 0.25) is 5.15 Å². The quantitative estimate of drug-likeness (QED) is 0.333. The number of carbonyl (C=O) groups excluding carboxylic acids is 1. The number of rotatable bonds is 7. The number of likely N-dealkylation sites (N-methyl/N-ethyl adjacent to an activating group) is 1. The molecule has 20 heavy (non-hydrogen) atoms. The van der Waals surface area contributed by atoms with Crippen LogP contribution >= 0.6 is 11.6 Å². The van der Waals surface area contributed by atoms with E-state index in [1.54, 1.807) is 6.92 Å². The zero-order chi connectivity index (χ0) is 15.1. The number of aromatic nitrogens is 1. The second-order valence-corrected chi connectivity index (χ2v) is 4.19. The van der Waals surface area contributed by atoms with Crippen LogP contribution in [-0.2, 0) is 4.74 Å². The predicted molar refractivity (Wildman–Crippen MR) is 74.0 cm³/mol. The molecule has 1 amide bonds. The van der Waals surface area contributed by atoms with E-state index >= 15 is 0 Å². The first-order valence-electron chi connectivity index (χ1n) is 6.18. The molecule has 0 saturated heterocycles. The van der Waals surface area contributed by atoms with Gasteiger partial charge in [0, 0.05) is 25.9 Å². The van der Waals surface area contributed by atoms with Gasteiger partial charge in [-0.05, 0) is 19.9 Å². The molecule has 0 radical (unpaired) electrons. The summed E-state index contributed by atoms with van der Waals surface area (Å²) in [5, 5.41) is 10.7. The normalized spacial score (nSPS) is 10.3. The molecule has 0 aliphatic heterocycles. The van der Waals surface area contributed by atoms with Gasteiger partial charge in [-0.25, -0.2) is 4.98 Å². The van der Waals surface area contributed by atoms with Gasteiger partial charge in [0.15, 0.2) is 0 Å². The lowest BCUT2D eigenvalue weighted by Crippen LogP contribution is -2.34. The molecule has 0 aliphatic rings. The lowest BCUT2D eigenvalue weighted by molar-refractivity contribution is -0.385. The minimum Gasteiger partial charge on any atom is -0.380 e. The van der Waals surface area contributed by atoms with E-state index in [4.69, 9.17) is 16.3 Å². The summed E-state index contributed by atoms with van der Waals surface area (Å²) in [6.45, 7) is 5.35. The molecule has 1 aromatic heterocycles. The van der Waals surface area contributed by atoms with Crippen LogP contribution in [0.3, 0.4) is 0 Å². The van der Waals surface area contributed by atoms with Crippen LogP contribution in [0.2, 0.25) is 5.15 Å². The Hall–Kier alpha value is -1.73. The monoisotopic (exact) mass is 301 g/mol. The highest BCUT2D eigenvalue weighted by atomic mass is 35.5. The number of halogens is 1. The van der Waals surface area contributed by atoms with Gasteiger partial charge >= 0.3 is 5.69 Å². The van der Waals surface area contributed by atoms with E-state index in [9.17, 15) is 14.9 Å². The topological polar surface area (TPSA) is 85.6 Å². The van der Waals surface area contributed by atoms with E-state index in [-0.39, 0.29) is 10.7 Å². The van der Waals surface area contributed by atoms with Crippen molar-refractivity contribution in [1.29, 1.82) is 0 Å². The summed E-state index contributed by atoms with van der Waals surface area (Å²) in [4.78, 5) is 27.7. The molecule has 0 spiro atoms. The molecule has 0 aliphatic carbocycles. The summed E-state index contributed by atoms with van der Waals surface area (Å²) in [5.41, 5.74) is -0.526. The highest BCUT2D eigenvalue weighted by molar-refractivity contribution is 6.32. The minimum atomic E-state index is -0.695. The number of carbonyl (C=O) groups is 1. The van der Waals surface area contributed by atoms with Crippen LogP contribution in [0.4, 0.5) is 5.69 Å². The molecule has 7 nitrogen and oxygen atoms in total. The molecule has 0 aromatic carbocycles. The van der Waals surface area contributed by atoms with Crippen molar-refractivity contribution in [1.82, 2.24) is 9.88 Å². The number of nitrogens with zero attached hydrogens (tertiary/aromatic N) is 3. The molecule has 8 heteroatoms. The van der Waals surface area contributed by atoms with Gasteiger partial charge in [-0.2, -0.15) is 0 Å². The number of hydrogen-bond donors (Lipinski definition) is 0. The molecule has 0 N–H and O–H groups in total. The fourth-order valence-corrected chi connectivity index (χ4v) is 1.89. The molecule has 0 saturated carbocycles. The highest BCUT2D eigenvalue weighted by Crippen LogP contribution is 2.26. The number of hydrogen-bond acceptors (Lipinski definition) is 5. The molecule has 0 atom stereocenters. The Bertz CT molecular complexity index is 496. The maximum atomic E-state index is 12.3.